The Balaban J connectivity index is 0.000000380. The first-order chi connectivity index (χ1) is 13.0. The highest BCUT2D eigenvalue weighted by molar-refractivity contribution is 5.17. The van der Waals surface area contributed by atoms with Crippen LogP contribution in [0.5, 0.6) is 0 Å². The number of aliphatic hydroxyl groups excluding tert-OH is 1. The van der Waals surface area contributed by atoms with E-state index in [0.717, 1.165) is 19.1 Å². The third kappa shape index (κ3) is 8.70. The fourth-order valence-corrected chi connectivity index (χ4v) is 3.40. The van der Waals surface area contributed by atoms with Crippen LogP contribution in [0.25, 0.3) is 0 Å². The number of aliphatic hydroxyl groups is 2. The third-order valence-corrected chi connectivity index (χ3v) is 4.94. The predicted molar refractivity (Wildman–Crippen MR) is 112 cm³/mol. The average Bonchev–Trinajstić information content (AvgIpc) is 2.70. The van der Waals surface area contributed by atoms with Crippen LogP contribution in [0.4, 0.5) is 0 Å². The number of nitrogens with zero attached hydrogens (tertiary/aromatic N) is 1. The Bertz CT molecular complexity index is 574. The van der Waals surface area contributed by atoms with E-state index in [-0.39, 0.29) is 6.61 Å². The quantitative estimate of drug-likeness (QED) is 0.771. The minimum atomic E-state index is -0.903. The lowest BCUT2D eigenvalue weighted by Crippen LogP contribution is -2.35. The van der Waals surface area contributed by atoms with Gasteiger partial charge in [-0.05, 0) is 37.8 Å². The molecule has 1 fully saturated rings. The summed E-state index contributed by atoms with van der Waals surface area (Å²) in [6.45, 7) is 5.06. The van der Waals surface area contributed by atoms with Crippen molar-refractivity contribution in [3.63, 3.8) is 0 Å². The van der Waals surface area contributed by atoms with E-state index in [0.29, 0.717) is 0 Å². The molecule has 1 saturated carbocycles. The van der Waals surface area contributed by atoms with Crippen LogP contribution in [0.2, 0.25) is 0 Å². The minimum absolute atomic E-state index is 0.174. The van der Waals surface area contributed by atoms with Crippen LogP contribution in [0.1, 0.15) is 57.1 Å². The lowest BCUT2D eigenvalue weighted by atomic mass is 9.93. The molecule has 0 saturated heterocycles. The van der Waals surface area contributed by atoms with Crippen LogP contribution in [0, 0.1) is 0 Å². The third-order valence-electron chi connectivity index (χ3n) is 4.94. The fourth-order valence-electron chi connectivity index (χ4n) is 3.40. The van der Waals surface area contributed by atoms with Crippen LogP contribution in [-0.4, -0.2) is 33.4 Å². The number of benzene rings is 2. The number of rotatable bonds is 6. The van der Waals surface area contributed by atoms with E-state index in [2.05, 4.69) is 65.6 Å². The highest BCUT2D eigenvalue weighted by atomic mass is 16.3. The fraction of sp³-hybridized carbons (Fsp3) is 0.500. The Morgan fingerprint density at radius 2 is 1.22 bits per heavy atom. The maximum Gasteiger partial charge on any atom is 0.0821 e. The summed E-state index contributed by atoms with van der Waals surface area (Å²) in [7, 11) is 0. The Morgan fingerprint density at radius 1 is 0.815 bits per heavy atom. The molecular formula is C24H35NO2. The molecule has 1 aliphatic rings. The molecule has 3 heteroatoms. The first kappa shape index (κ1) is 21.6. The zero-order valence-electron chi connectivity index (χ0n) is 16.8. The van der Waals surface area contributed by atoms with E-state index in [1.54, 1.807) is 13.8 Å². The molecule has 27 heavy (non-hydrogen) atoms. The van der Waals surface area contributed by atoms with Crippen molar-refractivity contribution in [2.24, 2.45) is 0 Å². The average molecular weight is 370 g/mol. The van der Waals surface area contributed by atoms with E-state index in [1.165, 1.54) is 43.2 Å². The van der Waals surface area contributed by atoms with Gasteiger partial charge in [-0.3, -0.25) is 4.90 Å². The monoisotopic (exact) mass is 369 g/mol. The highest BCUT2D eigenvalue weighted by Crippen LogP contribution is 2.25. The van der Waals surface area contributed by atoms with Crippen LogP contribution < -0.4 is 0 Å². The summed E-state index contributed by atoms with van der Waals surface area (Å²) in [6, 6.07) is 22.6. The van der Waals surface area contributed by atoms with Gasteiger partial charge >= 0.3 is 0 Å². The normalized spacial score (nSPS) is 15.3. The topological polar surface area (TPSA) is 43.7 Å². The van der Waals surface area contributed by atoms with E-state index < -0.39 is 5.60 Å². The largest absolute Gasteiger partial charge is 0.393 e. The summed E-state index contributed by atoms with van der Waals surface area (Å²) in [4.78, 5) is 2.68. The minimum Gasteiger partial charge on any atom is -0.393 e. The maximum atomic E-state index is 8.58. The molecule has 0 unspecified atom stereocenters. The van der Waals surface area contributed by atoms with Crippen molar-refractivity contribution in [2.75, 3.05) is 6.61 Å². The van der Waals surface area contributed by atoms with Gasteiger partial charge in [0.15, 0.2) is 0 Å². The van der Waals surface area contributed by atoms with Crippen LogP contribution in [-0.2, 0) is 13.1 Å². The van der Waals surface area contributed by atoms with Crippen LogP contribution in [0.3, 0.4) is 0 Å². The molecule has 0 atom stereocenters. The molecule has 2 N–H and O–H groups in total. The van der Waals surface area contributed by atoms with Crippen molar-refractivity contribution in [1.29, 1.82) is 0 Å². The molecule has 0 heterocycles. The van der Waals surface area contributed by atoms with Gasteiger partial charge in [0, 0.05) is 19.1 Å². The predicted octanol–water partition coefficient (Wildman–Crippen LogP) is 4.77. The molecule has 148 valence electrons. The second kappa shape index (κ2) is 11.2. The summed E-state index contributed by atoms with van der Waals surface area (Å²) in [5.74, 6) is 0. The van der Waals surface area contributed by atoms with Gasteiger partial charge in [-0.15, -0.1) is 0 Å². The van der Waals surface area contributed by atoms with Crippen LogP contribution in [0.15, 0.2) is 60.7 Å². The SMILES string of the molecule is CC(C)(O)CO.c1ccc(CN(Cc2ccccc2)C2CCCCC2)cc1. The molecule has 2 aromatic carbocycles. The van der Waals surface area contributed by atoms with Crippen LogP contribution >= 0.6 is 0 Å². The van der Waals surface area contributed by atoms with Gasteiger partial charge in [0.2, 0.25) is 0 Å². The first-order valence-electron chi connectivity index (χ1n) is 10.1. The Hall–Kier alpha value is -1.68. The summed E-state index contributed by atoms with van der Waals surface area (Å²) in [6.07, 6.45) is 6.93. The van der Waals surface area contributed by atoms with Crippen molar-refractivity contribution in [3.8, 4) is 0 Å². The standard InChI is InChI=1S/C20H25N.C4H10O2/c1-4-10-18(11-5-1)16-21(20-14-8-3-9-15-20)17-19-12-6-2-7-13-19;1-4(2,6)3-5/h1-2,4-7,10-13,20H,3,8-9,14-17H2;5-6H,3H2,1-2H3. The molecule has 3 rings (SSSR count). The van der Waals surface area contributed by atoms with Gasteiger partial charge in [-0.25, -0.2) is 0 Å². The summed E-state index contributed by atoms with van der Waals surface area (Å²) in [5.41, 5.74) is 1.96. The maximum absolute atomic E-state index is 8.58. The molecule has 0 amide bonds. The van der Waals surface area contributed by atoms with E-state index >= 15 is 0 Å². The second-order valence-electron chi connectivity index (χ2n) is 8.14. The smallest absolute Gasteiger partial charge is 0.0821 e. The lowest BCUT2D eigenvalue weighted by molar-refractivity contribution is 0.0183. The second-order valence-corrected chi connectivity index (χ2v) is 8.14. The van der Waals surface area contributed by atoms with Crippen molar-refractivity contribution in [3.05, 3.63) is 71.8 Å². The molecular weight excluding hydrogens is 334 g/mol. The molecule has 0 bridgehead atoms. The van der Waals surface area contributed by atoms with E-state index in [4.69, 9.17) is 10.2 Å². The molecule has 0 aliphatic heterocycles. The molecule has 2 aromatic rings. The Morgan fingerprint density at radius 3 is 1.59 bits per heavy atom. The number of hydrogen-bond donors (Lipinski definition) is 2. The zero-order chi connectivity index (χ0) is 19.5. The molecule has 3 nitrogen and oxygen atoms in total. The highest BCUT2D eigenvalue weighted by Gasteiger charge is 2.21. The van der Waals surface area contributed by atoms with Gasteiger partial charge in [0.05, 0.1) is 12.2 Å². The summed E-state index contributed by atoms with van der Waals surface area (Å²) < 4.78 is 0. The van der Waals surface area contributed by atoms with Crippen molar-refractivity contribution in [2.45, 2.75) is 70.7 Å². The van der Waals surface area contributed by atoms with Gasteiger partial charge in [-0.2, -0.15) is 0 Å². The molecule has 0 aromatic heterocycles. The first-order valence-corrected chi connectivity index (χ1v) is 10.1. The Labute approximate surface area is 164 Å². The molecule has 0 spiro atoms. The van der Waals surface area contributed by atoms with Gasteiger partial charge < -0.3 is 10.2 Å². The zero-order valence-corrected chi connectivity index (χ0v) is 16.8. The van der Waals surface area contributed by atoms with E-state index in [9.17, 15) is 0 Å². The number of hydrogen-bond acceptors (Lipinski definition) is 3. The van der Waals surface area contributed by atoms with Crippen molar-refractivity contribution < 1.29 is 10.2 Å². The van der Waals surface area contributed by atoms with Crippen molar-refractivity contribution >= 4 is 0 Å². The molecule has 1 aliphatic carbocycles. The summed E-state index contributed by atoms with van der Waals surface area (Å²) in [5, 5.41) is 16.7. The lowest BCUT2D eigenvalue weighted by Gasteiger charge is -2.34. The van der Waals surface area contributed by atoms with Gasteiger partial charge in [0.25, 0.3) is 0 Å². The summed E-state index contributed by atoms with van der Waals surface area (Å²) >= 11 is 0. The van der Waals surface area contributed by atoms with Gasteiger partial charge in [-0.1, -0.05) is 79.9 Å². The van der Waals surface area contributed by atoms with Crippen molar-refractivity contribution in [1.82, 2.24) is 4.90 Å². The van der Waals surface area contributed by atoms with Gasteiger partial charge in [0.1, 0.15) is 0 Å². The van der Waals surface area contributed by atoms with E-state index in [1.807, 2.05) is 0 Å². The molecule has 0 radical (unpaired) electrons. The Kier molecular flexibility index (Phi) is 8.99.